The molecule has 0 unspecified atom stereocenters. The Morgan fingerprint density at radius 1 is 1.48 bits per heavy atom. The van der Waals surface area contributed by atoms with E-state index in [1.807, 2.05) is 0 Å². The number of halogens is 4. The van der Waals surface area contributed by atoms with Crippen LogP contribution in [0.15, 0.2) is 12.3 Å². The van der Waals surface area contributed by atoms with E-state index in [-0.39, 0.29) is 0 Å². The van der Waals surface area contributed by atoms with E-state index < -0.39 is 41.4 Å². The third-order valence-electron chi connectivity index (χ3n) is 2.72. The number of alkyl halides is 3. The predicted molar refractivity (Wildman–Crippen MR) is 69.0 cm³/mol. The summed E-state index contributed by atoms with van der Waals surface area (Å²) < 4.78 is 51.4. The molecule has 0 saturated carbocycles. The van der Waals surface area contributed by atoms with Crippen molar-refractivity contribution < 1.29 is 22.4 Å². The molecule has 0 aliphatic carbocycles. The van der Waals surface area contributed by atoms with Gasteiger partial charge in [0, 0.05) is 0 Å². The molecule has 0 aliphatic heterocycles. The van der Waals surface area contributed by atoms with Crippen molar-refractivity contribution in [1.82, 2.24) is 4.98 Å². The topological polar surface area (TPSA) is 59.2 Å². The third kappa shape index (κ3) is 4.08. The molecule has 0 fully saturated rings. The van der Waals surface area contributed by atoms with E-state index in [1.165, 1.54) is 13.8 Å². The maximum absolute atomic E-state index is 13.1. The minimum atomic E-state index is -4.60. The summed E-state index contributed by atoms with van der Waals surface area (Å²) in [7, 11) is 0. The Bertz CT molecular complexity index is 590. The summed E-state index contributed by atoms with van der Waals surface area (Å²) in [5, 5.41) is 0. The smallest absolute Gasteiger partial charge is 0.365 e. The first-order valence-corrected chi connectivity index (χ1v) is 5.75. The molecule has 8 heteroatoms. The SMILES string of the molecule is C#CC(C)(C)N(CC(F)(F)F)c1ncc(F)cc1C(N)=O. The first-order valence-electron chi connectivity index (χ1n) is 5.75. The molecule has 1 aromatic heterocycles. The third-order valence-corrected chi connectivity index (χ3v) is 2.72. The van der Waals surface area contributed by atoms with Crippen LogP contribution < -0.4 is 10.6 Å². The Hall–Kier alpha value is -2.30. The molecular formula is C13H13F4N3O. The Labute approximate surface area is 118 Å². The lowest BCUT2D eigenvalue weighted by Gasteiger charge is -2.36. The molecule has 0 saturated heterocycles. The molecule has 1 amide bonds. The lowest BCUT2D eigenvalue weighted by Crippen LogP contribution is -2.49. The molecule has 0 atom stereocenters. The summed E-state index contributed by atoms with van der Waals surface area (Å²) in [5.74, 6) is -0.220. The number of nitrogens with two attached hydrogens (primary N) is 1. The Kier molecular flexibility index (Phi) is 4.46. The molecule has 1 heterocycles. The van der Waals surface area contributed by atoms with Gasteiger partial charge in [-0.25, -0.2) is 9.37 Å². The summed E-state index contributed by atoms with van der Waals surface area (Å²) in [6, 6.07) is 0.723. The number of carbonyl (C=O) groups excluding carboxylic acids is 1. The van der Waals surface area contributed by atoms with Crippen molar-refractivity contribution in [2.45, 2.75) is 25.6 Å². The number of primary amides is 1. The van der Waals surface area contributed by atoms with Gasteiger partial charge in [-0.3, -0.25) is 4.79 Å². The van der Waals surface area contributed by atoms with Crippen molar-refractivity contribution in [1.29, 1.82) is 0 Å². The average molecular weight is 303 g/mol. The number of hydrogen-bond donors (Lipinski definition) is 1. The van der Waals surface area contributed by atoms with E-state index in [9.17, 15) is 22.4 Å². The highest BCUT2D eigenvalue weighted by Gasteiger charge is 2.39. The van der Waals surface area contributed by atoms with Gasteiger partial charge >= 0.3 is 6.18 Å². The van der Waals surface area contributed by atoms with Crippen LogP contribution in [0.4, 0.5) is 23.4 Å². The van der Waals surface area contributed by atoms with Crippen LogP contribution in [-0.2, 0) is 0 Å². The molecule has 1 rings (SSSR count). The molecule has 0 aromatic carbocycles. The van der Waals surface area contributed by atoms with Crippen LogP contribution in [0.2, 0.25) is 0 Å². The highest BCUT2D eigenvalue weighted by molar-refractivity contribution is 5.97. The molecule has 0 spiro atoms. The van der Waals surface area contributed by atoms with E-state index in [2.05, 4.69) is 10.9 Å². The molecule has 4 nitrogen and oxygen atoms in total. The minimum Gasteiger partial charge on any atom is -0.365 e. The van der Waals surface area contributed by atoms with Crippen LogP contribution in [0.3, 0.4) is 0 Å². The Balaban J connectivity index is 3.47. The van der Waals surface area contributed by atoms with Crippen LogP contribution in [-0.4, -0.2) is 29.2 Å². The zero-order chi connectivity index (χ0) is 16.4. The van der Waals surface area contributed by atoms with Crippen LogP contribution in [0.5, 0.6) is 0 Å². The summed E-state index contributed by atoms with van der Waals surface area (Å²) in [6.45, 7) is 1.23. The normalized spacial score (nSPS) is 11.9. The summed E-state index contributed by atoms with van der Waals surface area (Å²) >= 11 is 0. The summed E-state index contributed by atoms with van der Waals surface area (Å²) in [4.78, 5) is 15.6. The summed E-state index contributed by atoms with van der Waals surface area (Å²) in [6.07, 6.45) is 1.34. The number of terminal acetylenes is 1. The quantitative estimate of drug-likeness (QED) is 0.684. The van der Waals surface area contributed by atoms with Crippen molar-refractivity contribution in [3.8, 4) is 12.3 Å². The van der Waals surface area contributed by atoms with Gasteiger partial charge in [0.2, 0.25) is 0 Å². The predicted octanol–water partition coefficient (Wildman–Crippen LogP) is 2.10. The van der Waals surface area contributed by atoms with Crippen molar-refractivity contribution >= 4 is 11.7 Å². The first-order chi connectivity index (χ1) is 9.48. The lowest BCUT2D eigenvalue weighted by atomic mass is 10.0. The van der Waals surface area contributed by atoms with E-state index in [1.54, 1.807) is 0 Å². The Morgan fingerprint density at radius 2 is 2.05 bits per heavy atom. The molecule has 1 aromatic rings. The van der Waals surface area contributed by atoms with Crippen molar-refractivity contribution in [2.75, 3.05) is 11.4 Å². The Morgan fingerprint density at radius 3 is 2.48 bits per heavy atom. The molecule has 114 valence electrons. The van der Waals surface area contributed by atoms with Crippen LogP contribution in [0.25, 0.3) is 0 Å². The number of carbonyl (C=O) groups is 1. The average Bonchev–Trinajstić information content (AvgIpc) is 2.35. The van der Waals surface area contributed by atoms with E-state index >= 15 is 0 Å². The molecule has 2 N–H and O–H groups in total. The van der Waals surface area contributed by atoms with Gasteiger partial charge in [0.15, 0.2) is 0 Å². The molecular weight excluding hydrogens is 290 g/mol. The number of aromatic nitrogens is 1. The highest BCUT2D eigenvalue weighted by Crippen LogP contribution is 2.30. The number of amides is 1. The molecule has 21 heavy (non-hydrogen) atoms. The van der Waals surface area contributed by atoms with Crippen LogP contribution in [0.1, 0.15) is 24.2 Å². The second kappa shape index (κ2) is 5.60. The standard InChI is InChI=1S/C13H13F4N3O/c1-4-12(2,3)20(7-13(15,16)17)11-9(10(18)21)5-8(14)6-19-11/h1,5-6H,7H2,2-3H3,(H2,18,21). The van der Waals surface area contributed by atoms with Gasteiger partial charge in [0.05, 0.1) is 17.3 Å². The maximum atomic E-state index is 13.1. The zero-order valence-electron chi connectivity index (χ0n) is 11.3. The van der Waals surface area contributed by atoms with Gasteiger partial charge in [-0.1, -0.05) is 5.92 Å². The summed E-state index contributed by atoms with van der Waals surface area (Å²) in [5.41, 5.74) is 3.18. The zero-order valence-corrected chi connectivity index (χ0v) is 11.3. The van der Waals surface area contributed by atoms with Crippen LogP contribution >= 0.6 is 0 Å². The second-order valence-electron chi connectivity index (χ2n) is 4.79. The van der Waals surface area contributed by atoms with E-state index in [4.69, 9.17) is 12.2 Å². The molecule has 0 bridgehead atoms. The van der Waals surface area contributed by atoms with Gasteiger partial charge in [-0.05, 0) is 19.9 Å². The van der Waals surface area contributed by atoms with Gasteiger partial charge in [0.1, 0.15) is 18.2 Å². The first kappa shape index (κ1) is 16.8. The number of nitrogens with zero attached hydrogens (tertiary/aromatic N) is 2. The largest absolute Gasteiger partial charge is 0.406 e. The van der Waals surface area contributed by atoms with E-state index in [0.29, 0.717) is 11.1 Å². The monoisotopic (exact) mass is 303 g/mol. The number of rotatable bonds is 4. The fourth-order valence-electron chi connectivity index (χ4n) is 1.62. The van der Waals surface area contributed by atoms with E-state index in [0.717, 1.165) is 6.07 Å². The van der Waals surface area contributed by atoms with Gasteiger partial charge in [-0.15, -0.1) is 6.42 Å². The van der Waals surface area contributed by atoms with Gasteiger partial charge < -0.3 is 10.6 Å². The fourth-order valence-corrected chi connectivity index (χ4v) is 1.62. The highest BCUT2D eigenvalue weighted by atomic mass is 19.4. The molecule has 0 aliphatic rings. The van der Waals surface area contributed by atoms with Crippen molar-refractivity contribution in [3.63, 3.8) is 0 Å². The fraction of sp³-hybridized carbons (Fsp3) is 0.385. The van der Waals surface area contributed by atoms with Crippen molar-refractivity contribution in [2.24, 2.45) is 5.73 Å². The van der Waals surface area contributed by atoms with Gasteiger partial charge in [0.25, 0.3) is 5.91 Å². The second-order valence-corrected chi connectivity index (χ2v) is 4.79. The maximum Gasteiger partial charge on any atom is 0.406 e. The number of pyridine rings is 1. The lowest BCUT2D eigenvalue weighted by molar-refractivity contribution is -0.121. The molecule has 0 radical (unpaired) electrons. The van der Waals surface area contributed by atoms with Crippen LogP contribution in [0, 0.1) is 18.2 Å². The van der Waals surface area contributed by atoms with Crippen molar-refractivity contribution in [3.05, 3.63) is 23.6 Å². The number of hydrogen-bond acceptors (Lipinski definition) is 3. The van der Waals surface area contributed by atoms with Gasteiger partial charge in [-0.2, -0.15) is 13.2 Å². The number of anilines is 1. The minimum absolute atomic E-state index is 0.413.